The van der Waals surface area contributed by atoms with E-state index in [4.69, 9.17) is 23.4 Å². The maximum absolute atomic E-state index is 12.9. The van der Waals surface area contributed by atoms with E-state index in [9.17, 15) is 4.79 Å². The Labute approximate surface area is 173 Å². The fourth-order valence-corrected chi connectivity index (χ4v) is 3.27. The minimum absolute atomic E-state index is 0.251. The van der Waals surface area contributed by atoms with Crippen molar-refractivity contribution in [3.05, 3.63) is 77.0 Å². The van der Waals surface area contributed by atoms with E-state index in [2.05, 4.69) is 0 Å². The number of para-hydroxylation sites is 1. The van der Waals surface area contributed by atoms with Gasteiger partial charge in [-0.3, -0.25) is 4.79 Å². The zero-order valence-electron chi connectivity index (χ0n) is 16.8. The summed E-state index contributed by atoms with van der Waals surface area (Å²) in [7, 11) is 4.46. The molecule has 0 amide bonds. The first-order chi connectivity index (χ1) is 14.6. The first-order valence-electron chi connectivity index (χ1n) is 9.24. The molecule has 4 rings (SSSR count). The standard InChI is InChI=1S/C24H20O6/c1-26-21-14-20-22(24(28-3)23(21)27-2)18(25)13-19(30-20)15-8-7-11-17(12-15)29-16-9-5-4-6-10-16/h4-14H,1-3H3. The Morgan fingerprint density at radius 1 is 0.733 bits per heavy atom. The van der Waals surface area contributed by atoms with Gasteiger partial charge >= 0.3 is 0 Å². The van der Waals surface area contributed by atoms with Crippen LogP contribution >= 0.6 is 0 Å². The summed E-state index contributed by atoms with van der Waals surface area (Å²) in [6, 6.07) is 19.8. The lowest BCUT2D eigenvalue weighted by atomic mass is 10.1. The van der Waals surface area contributed by atoms with Gasteiger partial charge in [-0.1, -0.05) is 30.3 Å². The van der Waals surface area contributed by atoms with Gasteiger partial charge < -0.3 is 23.4 Å². The zero-order valence-corrected chi connectivity index (χ0v) is 16.8. The third-order valence-electron chi connectivity index (χ3n) is 4.62. The topological polar surface area (TPSA) is 67.1 Å². The molecule has 0 atom stereocenters. The van der Waals surface area contributed by atoms with Crippen LogP contribution in [0.1, 0.15) is 0 Å². The predicted octanol–water partition coefficient (Wildman–Crippen LogP) is 5.28. The van der Waals surface area contributed by atoms with E-state index in [0.717, 1.165) is 5.75 Å². The highest BCUT2D eigenvalue weighted by atomic mass is 16.5. The molecule has 152 valence electrons. The third-order valence-corrected chi connectivity index (χ3v) is 4.62. The number of methoxy groups -OCH3 is 3. The summed E-state index contributed by atoms with van der Waals surface area (Å²) in [5, 5.41) is 0.288. The molecule has 0 N–H and O–H groups in total. The largest absolute Gasteiger partial charge is 0.493 e. The second-order valence-corrected chi connectivity index (χ2v) is 6.44. The van der Waals surface area contributed by atoms with Gasteiger partial charge in [0.25, 0.3) is 0 Å². The molecule has 30 heavy (non-hydrogen) atoms. The van der Waals surface area contributed by atoms with Gasteiger partial charge in [0, 0.05) is 17.7 Å². The van der Waals surface area contributed by atoms with Crippen molar-refractivity contribution in [3.63, 3.8) is 0 Å². The van der Waals surface area contributed by atoms with Crippen molar-refractivity contribution in [2.75, 3.05) is 21.3 Å². The molecule has 0 fully saturated rings. The summed E-state index contributed by atoms with van der Waals surface area (Å²) in [4.78, 5) is 12.9. The second-order valence-electron chi connectivity index (χ2n) is 6.44. The van der Waals surface area contributed by atoms with E-state index in [1.165, 1.54) is 27.4 Å². The maximum Gasteiger partial charge on any atom is 0.204 e. The van der Waals surface area contributed by atoms with Crippen LogP contribution in [-0.4, -0.2) is 21.3 Å². The Kier molecular flexibility index (Phi) is 5.30. The highest BCUT2D eigenvalue weighted by molar-refractivity contribution is 5.90. The van der Waals surface area contributed by atoms with Crippen molar-refractivity contribution < 1.29 is 23.4 Å². The molecular formula is C24H20O6. The SMILES string of the molecule is COc1cc2oc(-c3cccc(Oc4ccccc4)c3)cc(=O)c2c(OC)c1OC. The first kappa shape index (κ1) is 19.4. The van der Waals surface area contributed by atoms with Crippen LogP contribution in [0.4, 0.5) is 0 Å². The van der Waals surface area contributed by atoms with Gasteiger partial charge in [-0.15, -0.1) is 0 Å². The quantitative estimate of drug-likeness (QED) is 0.436. The summed E-state index contributed by atoms with van der Waals surface area (Å²) in [6.07, 6.45) is 0. The monoisotopic (exact) mass is 404 g/mol. The molecular weight excluding hydrogens is 384 g/mol. The lowest BCUT2D eigenvalue weighted by Crippen LogP contribution is -2.05. The van der Waals surface area contributed by atoms with E-state index in [-0.39, 0.29) is 16.6 Å². The molecule has 0 aliphatic heterocycles. The van der Waals surface area contributed by atoms with Crippen LogP contribution in [0.2, 0.25) is 0 Å². The van der Waals surface area contributed by atoms with Crippen molar-refractivity contribution >= 4 is 11.0 Å². The molecule has 1 aromatic heterocycles. The Morgan fingerprint density at radius 3 is 2.17 bits per heavy atom. The molecule has 0 bridgehead atoms. The number of rotatable bonds is 6. The van der Waals surface area contributed by atoms with Gasteiger partial charge in [0.15, 0.2) is 16.9 Å². The van der Waals surface area contributed by atoms with Crippen LogP contribution in [0.3, 0.4) is 0 Å². The average molecular weight is 404 g/mol. The number of hydrogen-bond donors (Lipinski definition) is 0. The van der Waals surface area contributed by atoms with Gasteiger partial charge in [-0.25, -0.2) is 0 Å². The normalized spacial score (nSPS) is 10.6. The number of fused-ring (bicyclic) bond motifs is 1. The van der Waals surface area contributed by atoms with Gasteiger partial charge in [0.2, 0.25) is 5.75 Å². The lowest BCUT2D eigenvalue weighted by molar-refractivity contribution is 0.326. The molecule has 6 heteroatoms. The summed E-state index contributed by atoms with van der Waals surface area (Å²) >= 11 is 0. The molecule has 0 saturated carbocycles. The molecule has 0 radical (unpaired) electrons. The fourth-order valence-electron chi connectivity index (χ4n) is 3.27. The van der Waals surface area contributed by atoms with Gasteiger partial charge in [-0.05, 0) is 24.3 Å². The summed E-state index contributed by atoms with van der Waals surface area (Å²) in [6.45, 7) is 0. The third kappa shape index (κ3) is 3.55. The van der Waals surface area contributed by atoms with Crippen LogP contribution in [-0.2, 0) is 0 Å². The fraction of sp³-hybridized carbons (Fsp3) is 0.125. The van der Waals surface area contributed by atoms with Crippen LogP contribution < -0.4 is 24.4 Å². The molecule has 0 aliphatic rings. The van der Waals surface area contributed by atoms with Crippen molar-refractivity contribution in [3.8, 4) is 40.1 Å². The number of benzene rings is 3. The van der Waals surface area contributed by atoms with Crippen molar-refractivity contribution in [1.82, 2.24) is 0 Å². The smallest absolute Gasteiger partial charge is 0.204 e. The molecule has 0 spiro atoms. The molecule has 1 heterocycles. The lowest BCUT2D eigenvalue weighted by Gasteiger charge is -2.14. The highest BCUT2D eigenvalue weighted by Crippen LogP contribution is 2.42. The average Bonchev–Trinajstić information content (AvgIpc) is 2.78. The van der Waals surface area contributed by atoms with Crippen molar-refractivity contribution in [2.24, 2.45) is 0 Å². The summed E-state index contributed by atoms with van der Waals surface area (Å²) < 4.78 is 28.1. The van der Waals surface area contributed by atoms with E-state index in [1.807, 2.05) is 54.6 Å². The summed E-state index contributed by atoms with van der Waals surface area (Å²) in [5.41, 5.74) is 0.788. The van der Waals surface area contributed by atoms with Crippen molar-refractivity contribution in [2.45, 2.75) is 0 Å². The van der Waals surface area contributed by atoms with Gasteiger partial charge in [0.1, 0.15) is 28.2 Å². The first-order valence-corrected chi connectivity index (χ1v) is 9.24. The predicted molar refractivity (Wildman–Crippen MR) is 114 cm³/mol. The highest BCUT2D eigenvalue weighted by Gasteiger charge is 2.20. The molecule has 0 saturated heterocycles. The van der Waals surface area contributed by atoms with Crippen LogP contribution in [0.25, 0.3) is 22.3 Å². The molecule has 4 aromatic rings. The molecule has 6 nitrogen and oxygen atoms in total. The van der Waals surface area contributed by atoms with E-state index in [1.54, 1.807) is 6.07 Å². The number of hydrogen-bond acceptors (Lipinski definition) is 6. The summed E-state index contributed by atoms with van der Waals surface area (Å²) in [5.74, 6) is 2.77. The van der Waals surface area contributed by atoms with E-state index >= 15 is 0 Å². The molecule has 0 aliphatic carbocycles. The van der Waals surface area contributed by atoms with Crippen molar-refractivity contribution in [1.29, 1.82) is 0 Å². The van der Waals surface area contributed by atoms with Crippen LogP contribution in [0.15, 0.2) is 75.9 Å². The Hall–Kier alpha value is -3.93. The number of ether oxygens (including phenoxy) is 4. The van der Waals surface area contributed by atoms with Gasteiger partial charge in [-0.2, -0.15) is 0 Å². The second kappa shape index (κ2) is 8.21. The Morgan fingerprint density at radius 2 is 1.47 bits per heavy atom. The maximum atomic E-state index is 12.9. The minimum Gasteiger partial charge on any atom is -0.493 e. The zero-order chi connectivity index (χ0) is 21.1. The van der Waals surface area contributed by atoms with Crippen LogP contribution in [0.5, 0.6) is 28.7 Å². The Balaban J connectivity index is 1.82. The van der Waals surface area contributed by atoms with Crippen LogP contribution in [0, 0.1) is 0 Å². The molecule has 3 aromatic carbocycles. The van der Waals surface area contributed by atoms with E-state index < -0.39 is 0 Å². The minimum atomic E-state index is -0.251. The Bertz CT molecular complexity index is 1240. The van der Waals surface area contributed by atoms with E-state index in [0.29, 0.717) is 34.2 Å². The molecule has 0 unspecified atom stereocenters. The van der Waals surface area contributed by atoms with Gasteiger partial charge in [0.05, 0.1) is 21.3 Å².